The van der Waals surface area contributed by atoms with Gasteiger partial charge in [0.05, 0.1) is 29.7 Å². The molecule has 1 aromatic heterocycles. The van der Waals surface area contributed by atoms with Crippen molar-refractivity contribution >= 4 is 5.91 Å². The molecule has 1 fully saturated rings. The van der Waals surface area contributed by atoms with Gasteiger partial charge in [-0.1, -0.05) is 13.8 Å². The van der Waals surface area contributed by atoms with Crippen LogP contribution in [0, 0.1) is 0 Å². The van der Waals surface area contributed by atoms with Crippen molar-refractivity contribution in [1.82, 2.24) is 14.7 Å². The number of carbonyl (C=O) groups is 1. The van der Waals surface area contributed by atoms with Crippen LogP contribution < -0.4 is 4.74 Å². The number of hydrogen-bond donors (Lipinski definition) is 0. The van der Waals surface area contributed by atoms with Crippen LogP contribution in [0.3, 0.4) is 0 Å². The lowest BCUT2D eigenvalue weighted by molar-refractivity contribution is 0.0790. The number of likely N-dealkylation sites (tertiary alicyclic amines) is 1. The Morgan fingerprint density at radius 2 is 1.79 bits per heavy atom. The highest BCUT2D eigenvalue weighted by Gasteiger charge is 2.27. The summed E-state index contributed by atoms with van der Waals surface area (Å²) in [6, 6.07) is 7.80. The number of methoxy groups -OCH3 is 1. The zero-order chi connectivity index (χ0) is 17.1. The molecule has 0 spiro atoms. The van der Waals surface area contributed by atoms with Gasteiger partial charge >= 0.3 is 0 Å². The maximum absolute atomic E-state index is 13.0. The Morgan fingerprint density at radius 3 is 2.33 bits per heavy atom. The number of ether oxygens (including phenoxy) is 1. The van der Waals surface area contributed by atoms with Crippen LogP contribution in [0.15, 0.2) is 24.3 Å². The zero-order valence-electron chi connectivity index (χ0n) is 14.7. The van der Waals surface area contributed by atoms with Crippen LogP contribution in [0.2, 0.25) is 0 Å². The molecule has 0 saturated carbocycles. The number of amides is 1. The molecular weight excluding hydrogens is 302 g/mol. The van der Waals surface area contributed by atoms with E-state index in [1.54, 1.807) is 7.11 Å². The van der Waals surface area contributed by atoms with Gasteiger partial charge in [-0.3, -0.25) is 4.79 Å². The van der Waals surface area contributed by atoms with Gasteiger partial charge in [0, 0.05) is 13.1 Å². The number of carbonyl (C=O) groups excluding carboxylic acids is 1. The summed E-state index contributed by atoms with van der Waals surface area (Å²) < 4.78 is 7.15. The fourth-order valence-electron chi connectivity index (χ4n) is 3.34. The third kappa shape index (κ3) is 2.90. The summed E-state index contributed by atoms with van der Waals surface area (Å²) in [5, 5.41) is 4.75. The van der Waals surface area contributed by atoms with Gasteiger partial charge in [0.15, 0.2) is 0 Å². The second kappa shape index (κ2) is 7.07. The lowest BCUT2D eigenvalue weighted by Gasteiger charge is -2.16. The number of rotatable bonds is 5. The van der Waals surface area contributed by atoms with E-state index >= 15 is 0 Å². The van der Waals surface area contributed by atoms with Gasteiger partial charge in [0.25, 0.3) is 5.91 Å². The van der Waals surface area contributed by atoms with E-state index in [0.717, 1.165) is 67.2 Å². The zero-order valence-corrected chi connectivity index (χ0v) is 14.7. The fourth-order valence-corrected chi connectivity index (χ4v) is 3.34. The molecule has 1 aromatic carbocycles. The van der Waals surface area contributed by atoms with E-state index in [9.17, 15) is 4.79 Å². The summed E-state index contributed by atoms with van der Waals surface area (Å²) in [7, 11) is 1.66. The van der Waals surface area contributed by atoms with Crippen LogP contribution in [0.1, 0.15) is 48.4 Å². The molecule has 1 saturated heterocycles. The fraction of sp³-hybridized carbons (Fsp3) is 0.474. The molecule has 0 aliphatic carbocycles. The van der Waals surface area contributed by atoms with Crippen molar-refractivity contribution in [2.45, 2.75) is 39.5 Å². The summed E-state index contributed by atoms with van der Waals surface area (Å²) in [5.74, 6) is 0.953. The number of aryl methyl sites for hydroxylation is 1. The van der Waals surface area contributed by atoms with Gasteiger partial charge in [-0.05, 0) is 49.9 Å². The molecule has 0 atom stereocenters. The summed E-state index contributed by atoms with van der Waals surface area (Å²) in [4.78, 5) is 15.0. The van der Waals surface area contributed by atoms with E-state index < -0.39 is 0 Å². The number of hydrogen-bond acceptors (Lipinski definition) is 3. The summed E-state index contributed by atoms with van der Waals surface area (Å²) in [6.45, 7) is 5.86. The van der Waals surface area contributed by atoms with Gasteiger partial charge in [-0.25, -0.2) is 4.68 Å². The Bertz CT molecular complexity index is 713. The molecule has 1 aliphatic rings. The van der Waals surface area contributed by atoms with Crippen LogP contribution in [-0.2, 0) is 12.8 Å². The molecule has 0 bridgehead atoms. The maximum atomic E-state index is 13.0. The van der Waals surface area contributed by atoms with Crippen LogP contribution in [0.5, 0.6) is 5.75 Å². The molecule has 0 unspecified atom stereocenters. The second-order valence-corrected chi connectivity index (χ2v) is 6.08. The highest BCUT2D eigenvalue weighted by atomic mass is 16.5. The first-order valence-electron chi connectivity index (χ1n) is 8.74. The van der Waals surface area contributed by atoms with Crippen LogP contribution in [-0.4, -0.2) is 40.8 Å². The van der Waals surface area contributed by atoms with Gasteiger partial charge in [0.1, 0.15) is 5.75 Å². The average molecular weight is 327 g/mol. The molecule has 5 nitrogen and oxygen atoms in total. The summed E-state index contributed by atoms with van der Waals surface area (Å²) >= 11 is 0. The van der Waals surface area contributed by atoms with E-state index in [-0.39, 0.29) is 5.91 Å². The Hall–Kier alpha value is -2.30. The van der Waals surface area contributed by atoms with Crippen LogP contribution in [0.4, 0.5) is 0 Å². The highest BCUT2D eigenvalue weighted by Crippen LogP contribution is 2.24. The van der Waals surface area contributed by atoms with Crippen molar-refractivity contribution < 1.29 is 9.53 Å². The predicted molar refractivity (Wildman–Crippen MR) is 94.0 cm³/mol. The summed E-state index contributed by atoms with van der Waals surface area (Å²) in [5.41, 5.74) is 3.65. The first-order valence-corrected chi connectivity index (χ1v) is 8.74. The molecule has 24 heavy (non-hydrogen) atoms. The quantitative estimate of drug-likeness (QED) is 0.847. The summed E-state index contributed by atoms with van der Waals surface area (Å²) in [6.07, 6.45) is 3.72. The third-order valence-electron chi connectivity index (χ3n) is 4.65. The van der Waals surface area contributed by atoms with Crippen molar-refractivity contribution in [1.29, 1.82) is 0 Å². The van der Waals surface area contributed by atoms with E-state index in [1.807, 2.05) is 33.8 Å². The van der Waals surface area contributed by atoms with Crippen molar-refractivity contribution in [3.8, 4) is 11.4 Å². The lowest BCUT2D eigenvalue weighted by Crippen LogP contribution is -2.29. The van der Waals surface area contributed by atoms with Gasteiger partial charge in [0.2, 0.25) is 0 Å². The molecule has 0 N–H and O–H groups in total. The number of benzene rings is 1. The molecule has 1 aliphatic heterocycles. The van der Waals surface area contributed by atoms with Crippen LogP contribution >= 0.6 is 0 Å². The predicted octanol–water partition coefficient (Wildman–Crippen LogP) is 3.24. The second-order valence-electron chi connectivity index (χ2n) is 6.08. The normalized spacial score (nSPS) is 14.2. The molecule has 2 heterocycles. The third-order valence-corrected chi connectivity index (χ3v) is 4.65. The molecule has 1 amide bonds. The van der Waals surface area contributed by atoms with Gasteiger partial charge in [-0.15, -0.1) is 0 Å². The first kappa shape index (κ1) is 16.6. The standard InChI is InChI=1S/C19H25N3O2/c1-4-16-18(19(23)21-12-6-7-13-21)17(5-2)22(20-16)14-8-10-15(24-3)11-9-14/h8-11H,4-7,12-13H2,1-3H3. The van der Waals surface area contributed by atoms with Crippen molar-refractivity contribution in [2.24, 2.45) is 0 Å². The Labute approximate surface area is 143 Å². The van der Waals surface area contributed by atoms with Gasteiger partial charge < -0.3 is 9.64 Å². The minimum atomic E-state index is 0.140. The Balaban J connectivity index is 2.05. The van der Waals surface area contributed by atoms with E-state index in [1.165, 1.54) is 0 Å². The highest BCUT2D eigenvalue weighted by molar-refractivity contribution is 5.97. The van der Waals surface area contributed by atoms with Crippen LogP contribution in [0.25, 0.3) is 5.69 Å². The average Bonchev–Trinajstić information content (AvgIpc) is 3.28. The monoisotopic (exact) mass is 327 g/mol. The number of aromatic nitrogens is 2. The van der Waals surface area contributed by atoms with E-state index in [4.69, 9.17) is 9.84 Å². The Kier molecular flexibility index (Phi) is 4.88. The molecule has 0 radical (unpaired) electrons. The van der Waals surface area contributed by atoms with Gasteiger partial charge in [-0.2, -0.15) is 5.10 Å². The maximum Gasteiger partial charge on any atom is 0.257 e. The SMILES string of the molecule is CCc1nn(-c2ccc(OC)cc2)c(CC)c1C(=O)N1CCCC1. The smallest absolute Gasteiger partial charge is 0.257 e. The molecule has 5 heteroatoms. The molecular formula is C19H25N3O2. The topological polar surface area (TPSA) is 47.4 Å². The first-order chi connectivity index (χ1) is 11.7. The lowest BCUT2D eigenvalue weighted by atomic mass is 10.1. The number of nitrogens with zero attached hydrogens (tertiary/aromatic N) is 3. The minimum Gasteiger partial charge on any atom is -0.497 e. The van der Waals surface area contributed by atoms with Crippen molar-refractivity contribution in [3.63, 3.8) is 0 Å². The largest absolute Gasteiger partial charge is 0.497 e. The van der Waals surface area contributed by atoms with E-state index in [2.05, 4.69) is 13.8 Å². The molecule has 2 aromatic rings. The van der Waals surface area contributed by atoms with Crippen molar-refractivity contribution in [2.75, 3.05) is 20.2 Å². The molecule has 3 rings (SSSR count). The minimum absolute atomic E-state index is 0.140. The Morgan fingerprint density at radius 1 is 1.12 bits per heavy atom. The van der Waals surface area contributed by atoms with Crippen molar-refractivity contribution in [3.05, 3.63) is 41.2 Å². The molecule has 128 valence electrons. The van der Waals surface area contributed by atoms with E-state index in [0.29, 0.717) is 0 Å².